The Bertz CT molecular complexity index is 599. The van der Waals surface area contributed by atoms with Crippen molar-refractivity contribution in [3.05, 3.63) is 37.9 Å². The van der Waals surface area contributed by atoms with E-state index in [0.29, 0.717) is 17.6 Å². The van der Waals surface area contributed by atoms with Crippen LogP contribution in [0, 0.1) is 17.4 Å². The fraction of sp³-hybridized carbons (Fsp3) is 0.308. The molecule has 0 radical (unpaired) electrons. The van der Waals surface area contributed by atoms with Crippen molar-refractivity contribution in [1.82, 2.24) is 15.0 Å². The molecule has 4 nitrogen and oxygen atoms in total. The van der Waals surface area contributed by atoms with Crippen LogP contribution in [-0.2, 0) is 11.3 Å². The van der Waals surface area contributed by atoms with Crippen LogP contribution in [0.4, 0.5) is 0 Å². The number of rotatable bonds is 3. The molecule has 0 saturated carbocycles. The Balaban J connectivity index is 2.55. The predicted molar refractivity (Wildman–Crippen MR) is 83.2 cm³/mol. The van der Waals surface area contributed by atoms with Crippen molar-refractivity contribution < 1.29 is 4.74 Å². The van der Waals surface area contributed by atoms with Crippen LogP contribution in [0.1, 0.15) is 17.1 Å². The summed E-state index contributed by atoms with van der Waals surface area (Å²) in [7, 11) is 1.63. The molecule has 0 fully saturated rings. The van der Waals surface area contributed by atoms with Crippen LogP contribution >= 0.6 is 34.2 Å². The summed E-state index contributed by atoms with van der Waals surface area (Å²) in [6, 6.07) is 3.89. The number of hydrogen-bond donors (Lipinski definition) is 0. The fourth-order valence-electron chi connectivity index (χ4n) is 1.79. The van der Waals surface area contributed by atoms with Crippen LogP contribution in [0.15, 0.2) is 12.1 Å². The van der Waals surface area contributed by atoms with Gasteiger partial charge in [-0.15, -0.1) is 0 Å². The van der Waals surface area contributed by atoms with Crippen LogP contribution < -0.4 is 0 Å². The van der Waals surface area contributed by atoms with Crippen LogP contribution in [0.2, 0.25) is 5.15 Å². The molecule has 19 heavy (non-hydrogen) atoms. The zero-order valence-corrected chi connectivity index (χ0v) is 13.8. The molecule has 0 amide bonds. The molecule has 0 unspecified atom stereocenters. The van der Waals surface area contributed by atoms with E-state index in [4.69, 9.17) is 16.3 Å². The van der Waals surface area contributed by atoms with Crippen molar-refractivity contribution in [3.63, 3.8) is 0 Å². The summed E-state index contributed by atoms with van der Waals surface area (Å²) in [6.45, 7) is 4.30. The second-order valence-electron chi connectivity index (χ2n) is 4.17. The van der Waals surface area contributed by atoms with Gasteiger partial charge in [-0.1, -0.05) is 11.6 Å². The lowest BCUT2D eigenvalue weighted by molar-refractivity contribution is 0.181. The predicted octanol–water partition coefficient (Wildman–Crippen LogP) is 3.56. The summed E-state index contributed by atoms with van der Waals surface area (Å²) in [5, 5.41) is 0.449. The Kier molecular flexibility index (Phi) is 4.70. The monoisotopic (exact) mass is 389 g/mol. The Hall–Kier alpha value is -0.790. The number of hydrogen-bond acceptors (Lipinski definition) is 4. The van der Waals surface area contributed by atoms with E-state index >= 15 is 0 Å². The van der Waals surface area contributed by atoms with Gasteiger partial charge in [0, 0.05) is 24.1 Å². The second-order valence-corrected chi connectivity index (χ2v) is 5.61. The van der Waals surface area contributed by atoms with E-state index < -0.39 is 0 Å². The molecular formula is C13H13ClIN3O. The first-order chi connectivity index (χ1) is 9.01. The minimum Gasteiger partial charge on any atom is -0.378 e. The minimum absolute atomic E-state index is 0.413. The lowest BCUT2D eigenvalue weighted by Gasteiger charge is -2.08. The van der Waals surface area contributed by atoms with Gasteiger partial charge in [0.05, 0.1) is 15.9 Å². The van der Waals surface area contributed by atoms with Crippen molar-refractivity contribution in [2.45, 2.75) is 20.5 Å². The molecule has 0 bridgehead atoms. The third-order valence-corrected chi connectivity index (χ3v) is 4.23. The van der Waals surface area contributed by atoms with Gasteiger partial charge in [0.15, 0.2) is 5.82 Å². The number of methoxy groups -OCH3 is 1. The number of aryl methyl sites for hydroxylation is 2. The highest BCUT2D eigenvalue weighted by atomic mass is 127. The van der Waals surface area contributed by atoms with Crippen molar-refractivity contribution in [1.29, 1.82) is 0 Å². The highest BCUT2D eigenvalue weighted by molar-refractivity contribution is 14.1. The highest BCUT2D eigenvalue weighted by Gasteiger charge is 2.12. The van der Waals surface area contributed by atoms with Gasteiger partial charge in [-0.25, -0.2) is 9.97 Å². The minimum atomic E-state index is 0.413. The average molecular weight is 390 g/mol. The van der Waals surface area contributed by atoms with E-state index in [0.717, 1.165) is 26.2 Å². The van der Waals surface area contributed by atoms with Crippen LogP contribution in [0.5, 0.6) is 0 Å². The highest BCUT2D eigenvalue weighted by Crippen LogP contribution is 2.25. The van der Waals surface area contributed by atoms with E-state index in [1.807, 2.05) is 26.0 Å². The molecule has 6 heteroatoms. The summed E-state index contributed by atoms with van der Waals surface area (Å²) in [6.07, 6.45) is 0. The van der Waals surface area contributed by atoms with E-state index in [1.165, 1.54) is 0 Å². The fourth-order valence-corrected chi connectivity index (χ4v) is 2.37. The smallest absolute Gasteiger partial charge is 0.161 e. The molecule has 2 rings (SSSR count). The average Bonchev–Trinajstić information content (AvgIpc) is 2.33. The molecule has 0 aliphatic carbocycles. The Morgan fingerprint density at radius 2 is 1.79 bits per heavy atom. The third-order valence-electron chi connectivity index (χ3n) is 2.50. The first-order valence-corrected chi connectivity index (χ1v) is 7.13. The molecule has 0 atom stereocenters. The van der Waals surface area contributed by atoms with E-state index in [2.05, 4.69) is 37.5 Å². The van der Waals surface area contributed by atoms with Gasteiger partial charge in [0.2, 0.25) is 0 Å². The SMILES string of the molecule is COCc1nc(-c2cc(C)nc(C)c2)nc(Cl)c1I. The number of aromatic nitrogens is 3. The van der Waals surface area contributed by atoms with Gasteiger partial charge in [-0.05, 0) is 48.6 Å². The third kappa shape index (κ3) is 3.40. The first kappa shape index (κ1) is 14.6. The Morgan fingerprint density at radius 1 is 1.16 bits per heavy atom. The number of nitrogens with zero attached hydrogens (tertiary/aromatic N) is 3. The summed E-state index contributed by atoms with van der Waals surface area (Å²) >= 11 is 8.28. The van der Waals surface area contributed by atoms with Gasteiger partial charge in [0.1, 0.15) is 5.15 Å². The van der Waals surface area contributed by atoms with Crippen molar-refractivity contribution in [2.75, 3.05) is 7.11 Å². The second kappa shape index (κ2) is 6.11. The lowest BCUT2D eigenvalue weighted by Crippen LogP contribution is -2.02. The lowest BCUT2D eigenvalue weighted by atomic mass is 10.2. The van der Waals surface area contributed by atoms with Crippen molar-refractivity contribution in [2.24, 2.45) is 0 Å². The number of pyridine rings is 1. The molecule has 2 aromatic rings. The molecule has 0 spiro atoms. The number of ether oxygens (including phenoxy) is 1. The number of halogens is 2. The summed E-state index contributed by atoms with van der Waals surface area (Å²) < 4.78 is 5.96. The van der Waals surface area contributed by atoms with E-state index in [9.17, 15) is 0 Å². The quantitative estimate of drug-likeness (QED) is 0.595. The molecule has 0 aromatic carbocycles. The summed E-state index contributed by atoms with van der Waals surface area (Å²) in [5.74, 6) is 0.603. The molecule has 0 N–H and O–H groups in total. The maximum absolute atomic E-state index is 6.15. The Morgan fingerprint density at radius 3 is 2.37 bits per heavy atom. The zero-order chi connectivity index (χ0) is 14.0. The van der Waals surface area contributed by atoms with Crippen LogP contribution in [0.25, 0.3) is 11.4 Å². The molecule has 2 heterocycles. The maximum atomic E-state index is 6.15. The summed E-state index contributed by atoms with van der Waals surface area (Å²) in [4.78, 5) is 13.2. The van der Waals surface area contributed by atoms with Gasteiger partial charge in [-0.3, -0.25) is 4.98 Å². The molecular weight excluding hydrogens is 377 g/mol. The molecule has 100 valence electrons. The van der Waals surface area contributed by atoms with Gasteiger partial charge in [-0.2, -0.15) is 0 Å². The molecule has 0 aliphatic rings. The molecule has 2 aromatic heterocycles. The molecule has 0 saturated heterocycles. The standard InChI is InChI=1S/C13H13ClIN3O/c1-7-4-9(5-8(2)16-7)13-17-10(6-19-3)11(15)12(14)18-13/h4-5H,6H2,1-3H3. The normalized spacial score (nSPS) is 10.8. The largest absolute Gasteiger partial charge is 0.378 e. The van der Waals surface area contributed by atoms with Crippen LogP contribution in [0.3, 0.4) is 0 Å². The summed E-state index contributed by atoms with van der Waals surface area (Å²) in [5.41, 5.74) is 3.58. The van der Waals surface area contributed by atoms with Gasteiger partial charge >= 0.3 is 0 Å². The molecule has 0 aliphatic heterocycles. The van der Waals surface area contributed by atoms with E-state index in [1.54, 1.807) is 7.11 Å². The van der Waals surface area contributed by atoms with E-state index in [-0.39, 0.29) is 0 Å². The topological polar surface area (TPSA) is 47.9 Å². The van der Waals surface area contributed by atoms with Crippen molar-refractivity contribution >= 4 is 34.2 Å². The first-order valence-electron chi connectivity index (χ1n) is 5.67. The van der Waals surface area contributed by atoms with Gasteiger partial charge < -0.3 is 4.74 Å². The maximum Gasteiger partial charge on any atom is 0.161 e. The Labute approximate surface area is 130 Å². The van der Waals surface area contributed by atoms with Crippen LogP contribution in [-0.4, -0.2) is 22.1 Å². The van der Waals surface area contributed by atoms with Crippen molar-refractivity contribution in [3.8, 4) is 11.4 Å². The zero-order valence-electron chi connectivity index (χ0n) is 10.9. The van der Waals surface area contributed by atoms with Gasteiger partial charge in [0.25, 0.3) is 0 Å².